The van der Waals surface area contributed by atoms with Crippen molar-refractivity contribution in [2.75, 3.05) is 42.9 Å². The van der Waals surface area contributed by atoms with Crippen LogP contribution in [0.3, 0.4) is 0 Å². The number of anilines is 2. The predicted octanol–water partition coefficient (Wildman–Crippen LogP) is 2.07. The summed E-state index contributed by atoms with van der Waals surface area (Å²) in [6, 6.07) is 3.57. The summed E-state index contributed by atoms with van der Waals surface area (Å²) in [6.45, 7) is 9.16. The number of halogens is 1. The van der Waals surface area contributed by atoms with E-state index in [0.29, 0.717) is 5.95 Å². The lowest BCUT2D eigenvalue weighted by atomic mass is 10.2. The van der Waals surface area contributed by atoms with Crippen molar-refractivity contribution in [2.45, 2.75) is 20.4 Å². The Morgan fingerprint density at radius 3 is 2.62 bits per heavy atom. The summed E-state index contributed by atoms with van der Waals surface area (Å²) in [7, 11) is 0. The highest BCUT2D eigenvalue weighted by Crippen LogP contribution is 2.18. The van der Waals surface area contributed by atoms with Crippen LogP contribution in [-0.2, 0) is 6.54 Å². The number of aryl methyl sites for hydroxylation is 1. The fourth-order valence-corrected chi connectivity index (χ4v) is 2.89. The summed E-state index contributed by atoms with van der Waals surface area (Å²) in [5.41, 5.74) is 1.87. The van der Waals surface area contributed by atoms with Crippen molar-refractivity contribution in [3.8, 4) is 0 Å². The van der Waals surface area contributed by atoms with Gasteiger partial charge in [-0.1, -0.05) is 0 Å². The first kappa shape index (κ1) is 16.6. The van der Waals surface area contributed by atoms with Crippen molar-refractivity contribution < 1.29 is 4.39 Å². The number of rotatable bonds is 5. The minimum absolute atomic E-state index is 0.279. The fourth-order valence-electron chi connectivity index (χ4n) is 2.89. The van der Waals surface area contributed by atoms with Gasteiger partial charge >= 0.3 is 0 Å². The maximum Gasteiger partial charge on any atom is 0.224 e. The molecule has 6 nitrogen and oxygen atoms in total. The second kappa shape index (κ2) is 7.53. The molecule has 2 aromatic heterocycles. The highest BCUT2D eigenvalue weighted by molar-refractivity contribution is 5.45. The molecule has 1 N–H and O–H groups in total. The molecule has 24 heavy (non-hydrogen) atoms. The molecule has 0 radical (unpaired) electrons. The van der Waals surface area contributed by atoms with E-state index < -0.39 is 0 Å². The van der Waals surface area contributed by atoms with Crippen LogP contribution >= 0.6 is 0 Å². The van der Waals surface area contributed by atoms with E-state index in [9.17, 15) is 4.39 Å². The average Bonchev–Trinajstić information content (AvgIpc) is 2.55. The number of aromatic nitrogens is 3. The molecule has 0 unspecified atom stereocenters. The Labute approximate surface area is 141 Å². The third-order valence-electron chi connectivity index (χ3n) is 4.04. The monoisotopic (exact) mass is 330 g/mol. The van der Waals surface area contributed by atoms with Crippen LogP contribution in [0, 0.1) is 12.7 Å². The molecule has 1 aliphatic heterocycles. The predicted molar refractivity (Wildman–Crippen MR) is 92.6 cm³/mol. The molecular weight excluding hydrogens is 307 g/mol. The van der Waals surface area contributed by atoms with Gasteiger partial charge in [0.05, 0.1) is 6.20 Å². The van der Waals surface area contributed by atoms with Crippen molar-refractivity contribution in [3.05, 3.63) is 41.6 Å². The number of nitrogens with zero attached hydrogens (tertiary/aromatic N) is 5. The summed E-state index contributed by atoms with van der Waals surface area (Å²) >= 11 is 0. The highest BCUT2D eigenvalue weighted by atomic mass is 19.1. The number of piperazine rings is 1. The summed E-state index contributed by atoms with van der Waals surface area (Å²) in [5, 5.41) is 3.17. The van der Waals surface area contributed by atoms with E-state index in [2.05, 4.69) is 30.1 Å². The van der Waals surface area contributed by atoms with E-state index in [4.69, 9.17) is 0 Å². The summed E-state index contributed by atoms with van der Waals surface area (Å²) < 4.78 is 13.2. The van der Waals surface area contributed by atoms with Crippen LogP contribution in [0.25, 0.3) is 0 Å². The van der Waals surface area contributed by atoms with E-state index >= 15 is 0 Å². The van der Waals surface area contributed by atoms with Gasteiger partial charge in [0.1, 0.15) is 11.6 Å². The van der Waals surface area contributed by atoms with Gasteiger partial charge in [-0.15, -0.1) is 0 Å². The van der Waals surface area contributed by atoms with Crippen LogP contribution in [0.1, 0.15) is 18.2 Å². The highest BCUT2D eigenvalue weighted by Gasteiger charge is 2.19. The molecule has 0 amide bonds. The zero-order valence-electron chi connectivity index (χ0n) is 14.2. The molecule has 0 spiro atoms. The number of hydrogen-bond donors (Lipinski definition) is 1. The van der Waals surface area contributed by atoms with Gasteiger partial charge in [0.2, 0.25) is 5.95 Å². The van der Waals surface area contributed by atoms with Crippen LogP contribution in [0.5, 0.6) is 0 Å². The minimum Gasteiger partial charge on any atom is -0.354 e. The Morgan fingerprint density at radius 1 is 1.12 bits per heavy atom. The molecule has 0 aromatic carbocycles. The molecule has 0 atom stereocenters. The van der Waals surface area contributed by atoms with E-state index in [1.165, 1.54) is 6.20 Å². The van der Waals surface area contributed by atoms with Crippen molar-refractivity contribution in [1.29, 1.82) is 0 Å². The SMILES string of the molecule is CCNc1nc(C)cc(N2CCN(Cc3cncc(F)c3)CC2)n1. The van der Waals surface area contributed by atoms with Crippen LogP contribution in [0.4, 0.5) is 16.2 Å². The number of pyridine rings is 1. The lowest BCUT2D eigenvalue weighted by Crippen LogP contribution is -2.46. The minimum atomic E-state index is -0.279. The Bertz CT molecular complexity index is 685. The number of hydrogen-bond acceptors (Lipinski definition) is 6. The lowest BCUT2D eigenvalue weighted by molar-refractivity contribution is 0.248. The maximum absolute atomic E-state index is 13.2. The Balaban J connectivity index is 1.60. The van der Waals surface area contributed by atoms with E-state index in [1.807, 2.05) is 19.9 Å². The molecule has 1 aliphatic rings. The topological polar surface area (TPSA) is 57.2 Å². The Kier molecular flexibility index (Phi) is 5.20. The molecule has 128 valence electrons. The van der Waals surface area contributed by atoms with Crippen LogP contribution < -0.4 is 10.2 Å². The summed E-state index contributed by atoms with van der Waals surface area (Å²) in [5.74, 6) is 1.37. The smallest absolute Gasteiger partial charge is 0.224 e. The van der Waals surface area contributed by atoms with E-state index in [1.54, 1.807) is 12.3 Å². The molecule has 0 aliphatic carbocycles. The molecule has 2 aromatic rings. The summed E-state index contributed by atoms with van der Waals surface area (Å²) in [4.78, 5) is 17.5. The second-order valence-electron chi connectivity index (χ2n) is 6.00. The molecular formula is C17H23FN6. The van der Waals surface area contributed by atoms with Crippen LogP contribution in [0.2, 0.25) is 0 Å². The third kappa shape index (κ3) is 4.17. The fraction of sp³-hybridized carbons (Fsp3) is 0.471. The zero-order chi connectivity index (χ0) is 16.9. The molecule has 0 bridgehead atoms. The van der Waals surface area contributed by atoms with Gasteiger partial charge in [-0.05, 0) is 25.5 Å². The average molecular weight is 330 g/mol. The van der Waals surface area contributed by atoms with Crippen molar-refractivity contribution in [3.63, 3.8) is 0 Å². The second-order valence-corrected chi connectivity index (χ2v) is 6.00. The molecule has 1 fully saturated rings. The van der Waals surface area contributed by atoms with Gasteiger partial charge in [-0.3, -0.25) is 9.88 Å². The summed E-state index contributed by atoms with van der Waals surface area (Å²) in [6.07, 6.45) is 2.97. The first-order chi connectivity index (χ1) is 11.6. The van der Waals surface area contributed by atoms with Crippen LogP contribution in [-0.4, -0.2) is 52.6 Å². The molecule has 3 heterocycles. The van der Waals surface area contributed by atoms with Crippen molar-refractivity contribution >= 4 is 11.8 Å². The van der Waals surface area contributed by atoms with Crippen molar-refractivity contribution in [2.24, 2.45) is 0 Å². The lowest BCUT2D eigenvalue weighted by Gasteiger charge is -2.35. The molecule has 1 saturated heterocycles. The van der Waals surface area contributed by atoms with E-state index in [0.717, 1.165) is 56.3 Å². The zero-order valence-corrected chi connectivity index (χ0v) is 14.2. The van der Waals surface area contributed by atoms with Gasteiger partial charge < -0.3 is 10.2 Å². The van der Waals surface area contributed by atoms with Gasteiger partial charge in [0.25, 0.3) is 0 Å². The normalized spacial score (nSPS) is 15.5. The van der Waals surface area contributed by atoms with Crippen LogP contribution in [0.15, 0.2) is 24.5 Å². The standard InChI is InChI=1S/C17H23FN6/c1-3-20-17-21-13(2)8-16(22-17)24-6-4-23(5-7-24)12-14-9-15(18)11-19-10-14/h8-11H,3-7,12H2,1-2H3,(H,20,21,22). The van der Waals surface area contributed by atoms with Gasteiger partial charge in [0, 0.05) is 57.2 Å². The molecule has 7 heteroatoms. The maximum atomic E-state index is 13.2. The van der Waals surface area contributed by atoms with Gasteiger partial charge in [-0.25, -0.2) is 9.37 Å². The van der Waals surface area contributed by atoms with E-state index in [-0.39, 0.29) is 5.82 Å². The molecule has 3 rings (SSSR count). The number of nitrogens with one attached hydrogen (secondary N) is 1. The first-order valence-corrected chi connectivity index (χ1v) is 8.30. The van der Waals surface area contributed by atoms with Gasteiger partial charge in [-0.2, -0.15) is 4.98 Å². The third-order valence-corrected chi connectivity index (χ3v) is 4.04. The van der Waals surface area contributed by atoms with Gasteiger partial charge in [0.15, 0.2) is 0 Å². The van der Waals surface area contributed by atoms with Crippen molar-refractivity contribution in [1.82, 2.24) is 19.9 Å². The Morgan fingerprint density at radius 2 is 1.92 bits per heavy atom. The Hall–Kier alpha value is -2.28. The molecule has 0 saturated carbocycles. The quantitative estimate of drug-likeness (QED) is 0.906. The largest absolute Gasteiger partial charge is 0.354 e. The first-order valence-electron chi connectivity index (χ1n) is 8.30.